The molecule has 2 N–H and O–H groups in total. The van der Waals surface area contributed by atoms with Gasteiger partial charge in [0, 0.05) is 0 Å². The normalized spacial score (nSPS) is 27.0. The number of hydrogen-bond donors (Lipinski definition) is 1. The van der Waals surface area contributed by atoms with E-state index in [1.807, 2.05) is 0 Å². The van der Waals surface area contributed by atoms with Gasteiger partial charge in [0.05, 0.1) is 0 Å². The van der Waals surface area contributed by atoms with Crippen molar-refractivity contribution in [3.63, 3.8) is 0 Å². The molecular weight excluding hydrogens is 74.1 g/mol. The average Bonchev–Trinajstić information content (AvgIpc) is 2.22. The molecule has 36 valence electrons. The van der Waals surface area contributed by atoms with Crippen molar-refractivity contribution in [2.24, 2.45) is 11.1 Å². The van der Waals surface area contributed by atoms with E-state index in [9.17, 15) is 0 Å². The maximum absolute atomic E-state index is 5.37. The molecule has 1 fully saturated rings. The fourth-order valence-corrected chi connectivity index (χ4v) is 0.418. The highest BCUT2D eigenvalue weighted by molar-refractivity contribution is 4.88. The van der Waals surface area contributed by atoms with Crippen molar-refractivity contribution in [3.8, 4) is 0 Å². The molecule has 0 aliphatic heterocycles. The van der Waals surface area contributed by atoms with Gasteiger partial charge < -0.3 is 5.73 Å². The van der Waals surface area contributed by atoms with Crippen LogP contribution in [0.5, 0.6) is 0 Å². The minimum Gasteiger partial charge on any atom is -0.330 e. The summed E-state index contributed by atoms with van der Waals surface area (Å²) < 4.78 is 0. The lowest BCUT2D eigenvalue weighted by atomic mass is 10.2. The molecule has 0 radical (unpaired) electrons. The SMILES string of the molecule is CC1(CN)CC1. The molecule has 1 aliphatic rings. The van der Waals surface area contributed by atoms with E-state index in [2.05, 4.69) is 6.92 Å². The first-order valence-electron chi connectivity index (χ1n) is 2.47. The lowest BCUT2D eigenvalue weighted by molar-refractivity contribution is 0.588. The van der Waals surface area contributed by atoms with Crippen LogP contribution in [-0.2, 0) is 0 Å². The van der Waals surface area contributed by atoms with Gasteiger partial charge in [0.2, 0.25) is 0 Å². The van der Waals surface area contributed by atoms with Crippen molar-refractivity contribution in [3.05, 3.63) is 0 Å². The first-order valence-corrected chi connectivity index (χ1v) is 2.47. The molecule has 1 aliphatic carbocycles. The van der Waals surface area contributed by atoms with Crippen LogP contribution in [0.3, 0.4) is 0 Å². The minimum absolute atomic E-state index is 0.569. The molecule has 1 saturated carbocycles. The summed E-state index contributed by atoms with van der Waals surface area (Å²) in [4.78, 5) is 0. The van der Waals surface area contributed by atoms with Crippen LogP contribution in [0.1, 0.15) is 19.8 Å². The summed E-state index contributed by atoms with van der Waals surface area (Å²) in [5, 5.41) is 0. The zero-order valence-electron chi connectivity index (χ0n) is 4.20. The molecule has 0 heterocycles. The van der Waals surface area contributed by atoms with Crippen LogP contribution in [0.25, 0.3) is 0 Å². The van der Waals surface area contributed by atoms with E-state index in [1.54, 1.807) is 0 Å². The molecule has 0 spiro atoms. The van der Waals surface area contributed by atoms with Gasteiger partial charge in [-0.25, -0.2) is 0 Å². The maximum atomic E-state index is 5.37. The van der Waals surface area contributed by atoms with Crippen LogP contribution in [0.15, 0.2) is 0 Å². The van der Waals surface area contributed by atoms with Crippen molar-refractivity contribution in [2.45, 2.75) is 19.8 Å². The first-order chi connectivity index (χ1) is 2.77. The Bertz CT molecular complexity index is 55.0. The van der Waals surface area contributed by atoms with Gasteiger partial charge in [-0.3, -0.25) is 0 Å². The first kappa shape index (κ1) is 4.13. The fraction of sp³-hybridized carbons (Fsp3) is 1.00. The predicted molar refractivity (Wildman–Crippen MR) is 26.4 cm³/mol. The van der Waals surface area contributed by atoms with Crippen molar-refractivity contribution >= 4 is 0 Å². The van der Waals surface area contributed by atoms with Crippen LogP contribution in [0.2, 0.25) is 0 Å². The molecule has 0 bridgehead atoms. The van der Waals surface area contributed by atoms with Gasteiger partial charge in [0.1, 0.15) is 0 Å². The monoisotopic (exact) mass is 85.1 g/mol. The van der Waals surface area contributed by atoms with Crippen LogP contribution >= 0.6 is 0 Å². The van der Waals surface area contributed by atoms with Crippen molar-refractivity contribution in [2.75, 3.05) is 6.54 Å². The second-order valence-electron chi connectivity index (χ2n) is 2.51. The number of rotatable bonds is 1. The topological polar surface area (TPSA) is 26.0 Å². The quantitative estimate of drug-likeness (QED) is 0.499. The lowest BCUT2D eigenvalue weighted by Crippen LogP contribution is -2.10. The molecule has 0 atom stereocenters. The third kappa shape index (κ3) is 0.548. The third-order valence-corrected chi connectivity index (χ3v) is 1.60. The predicted octanol–water partition coefficient (Wildman–Crippen LogP) is 0.745. The molecule has 0 amide bonds. The molecule has 0 aromatic heterocycles. The average molecular weight is 85.2 g/mol. The largest absolute Gasteiger partial charge is 0.330 e. The van der Waals surface area contributed by atoms with Gasteiger partial charge in [-0.15, -0.1) is 0 Å². The van der Waals surface area contributed by atoms with E-state index in [1.165, 1.54) is 12.8 Å². The number of nitrogens with two attached hydrogens (primary N) is 1. The minimum atomic E-state index is 0.569. The Hall–Kier alpha value is -0.0400. The Balaban J connectivity index is 2.28. The summed E-state index contributed by atoms with van der Waals surface area (Å²) in [6.07, 6.45) is 2.70. The van der Waals surface area contributed by atoms with Crippen LogP contribution in [0, 0.1) is 5.41 Å². The van der Waals surface area contributed by atoms with E-state index in [-0.39, 0.29) is 0 Å². The third-order valence-electron chi connectivity index (χ3n) is 1.60. The molecule has 1 heteroatoms. The van der Waals surface area contributed by atoms with Crippen LogP contribution in [-0.4, -0.2) is 6.54 Å². The Kier molecular flexibility index (Phi) is 0.667. The molecule has 0 unspecified atom stereocenters. The standard InChI is InChI=1S/C5H11N/c1-5(4-6)2-3-5/h2-4,6H2,1H3. The fourth-order valence-electron chi connectivity index (χ4n) is 0.418. The Morgan fingerprint density at radius 3 is 2.17 bits per heavy atom. The summed E-state index contributed by atoms with van der Waals surface area (Å²) in [7, 11) is 0. The van der Waals surface area contributed by atoms with Crippen molar-refractivity contribution < 1.29 is 0 Å². The highest BCUT2D eigenvalue weighted by Crippen LogP contribution is 2.43. The second kappa shape index (κ2) is 0.969. The highest BCUT2D eigenvalue weighted by atomic mass is 14.6. The van der Waals surface area contributed by atoms with E-state index in [0.717, 1.165) is 6.54 Å². The molecule has 0 saturated heterocycles. The van der Waals surface area contributed by atoms with Crippen LogP contribution in [0.4, 0.5) is 0 Å². The van der Waals surface area contributed by atoms with Gasteiger partial charge in [0.25, 0.3) is 0 Å². The zero-order valence-corrected chi connectivity index (χ0v) is 4.20. The zero-order chi connectivity index (χ0) is 4.62. The van der Waals surface area contributed by atoms with E-state index < -0.39 is 0 Å². The summed E-state index contributed by atoms with van der Waals surface area (Å²) in [6, 6.07) is 0. The molecule has 6 heavy (non-hydrogen) atoms. The molecular formula is C5H11N. The Labute approximate surface area is 38.5 Å². The van der Waals surface area contributed by atoms with Gasteiger partial charge in [-0.1, -0.05) is 6.92 Å². The molecule has 1 rings (SSSR count). The summed E-state index contributed by atoms with van der Waals surface area (Å²) in [6.45, 7) is 3.11. The van der Waals surface area contributed by atoms with Crippen LogP contribution < -0.4 is 5.73 Å². The second-order valence-corrected chi connectivity index (χ2v) is 2.51. The van der Waals surface area contributed by atoms with Gasteiger partial charge in [0.15, 0.2) is 0 Å². The molecule has 0 aromatic rings. The van der Waals surface area contributed by atoms with Gasteiger partial charge in [-0.05, 0) is 24.8 Å². The summed E-state index contributed by atoms with van der Waals surface area (Å²) in [5.74, 6) is 0. The maximum Gasteiger partial charge on any atom is -0.00232 e. The summed E-state index contributed by atoms with van der Waals surface area (Å²) in [5.41, 5.74) is 5.94. The van der Waals surface area contributed by atoms with E-state index in [0.29, 0.717) is 5.41 Å². The van der Waals surface area contributed by atoms with E-state index in [4.69, 9.17) is 5.73 Å². The Morgan fingerprint density at radius 1 is 1.67 bits per heavy atom. The van der Waals surface area contributed by atoms with Gasteiger partial charge >= 0.3 is 0 Å². The Morgan fingerprint density at radius 2 is 2.17 bits per heavy atom. The lowest BCUT2D eigenvalue weighted by Gasteiger charge is -1.97. The highest BCUT2D eigenvalue weighted by Gasteiger charge is 2.34. The number of hydrogen-bond acceptors (Lipinski definition) is 1. The van der Waals surface area contributed by atoms with E-state index >= 15 is 0 Å². The van der Waals surface area contributed by atoms with Gasteiger partial charge in [-0.2, -0.15) is 0 Å². The molecule has 1 nitrogen and oxygen atoms in total. The van der Waals surface area contributed by atoms with Crippen molar-refractivity contribution in [1.82, 2.24) is 0 Å². The summed E-state index contributed by atoms with van der Waals surface area (Å²) >= 11 is 0. The molecule has 0 aromatic carbocycles. The van der Waals surface area contributed by atoms with Crippen molar-refractivity contribution in [1.29, 1.82) is 0 Å². The smallest absolute Gasteiger partial charge is 0.00232 e.